The molecule has 4 rings (SSSR count). The average molecular weight is 428 g/mol. The van der Waals surface area contributed by atoms with Crippen LogP contribution in [0.2, 0.25) is 0 Å². The van der Waals surface area contributed by atoms with Crippen LogP contribution >= 0.6 is 11.3 Å². The van der Waals surface area contributed by atoms with Gasteiger partial charge in [-0.3, -0.25) is 10.1 Å². The minimum absolute atomic E-state index is 0.0309. The minimum Gasteiger partial charge on any atom is -0.446 e. The predicted molar refractivity (Wildman–Crippen MR) is 114 cm³/mol. The summed E-state index contributed by atoms with van der Waals surface area (Å²) >= 11 is 1.34. The number of hydrogen-bond donors (Lipinski definition) is 2. The van der Waals surface area contributed by atoms with Crippen LogP contribution in [0.15, 0.2) is 30.5 Å². The van der Waals surface area contributed by atoms with E-state index in [1.807, 2.05) is 18.2 Å². The Labute approximate surface area is 176 Å². The average Bonchev–Trinajstić information content (AvgIpc) is 3.11. The minimum atomic E-state index is -0.772. The second-order valence-corrected chi connectivity index (χ2v) is 8.27. The van der Waals surface area contributed by atoms with Gasteiger partial charge in [0.15, 0.2) is 5.13 Å². The van der Waals surface area contributed by atoms with Crippen LogP contribution in [0.1, 0.15) is 39.0 Å². The Balaban J connectivity index is 1.53. The Morgan fingerprint density at radius 1 is 1.13 bits per heavy atom. The molecule has 0 saturated heterocycles. The Hall–Kier alpha value is -3.07. The number of halogens is 1. The summed E-state index contributed by atoms with van der Waals surface area (Å²) in [4.78, 5) is 31.5. The molecule has 1 aliphatic rings. The maximum Gasteiger partial charge on any atom is 0.412 e. The molecule has 9 heteroatoms. The number of carbonyl (C=O) groups excluding carboxylic acids is 2. The molecule has 0 aliphatic heterocycles. The number of ether oxygens (including phenoxy) is 1. The highest BCUT2D eigenvalue weighted by molar-refractivity contribution is 7.22. The van der Waals surface area contributed by atoms with Crippen molar-refractivity contribution in [3.63, 3.8) is 0 Å². The maximum absolute atomic E-state index is 14.2. The number of rotatable bonds is 4. The third-order valence-corrected chi connectivity index (χ3v) is 5.84. The number of fused-ring (bicyclic) bond motifs is 1. The quantitative estimate of drug-likeness (QED) is 0.547. The highest BCUT2D eigenvalue weighted by Crippen LogP contribution is 2.31. The standard InChI is InChI=1S/C21H21FN4O3S/c1-12(27)24-20-25-16-8-7-13(10-18(16)30-20)14-9-17(19(22)23-11-14)26-21(28)29-15-5-3-2-4-6-15/h7-11,15H,2-6H2,1H3,(H,26,28)(H,24,25,27). The molecule has 1 saturated carbocycles. The van der Waals surface area contributed by atoms with Crippen LogP contribution in [0, 0.1) is 5.95 Å². The molecule has 2 amide bonds. The van der Waals surface area contributed by atoms with Crippen LogP contribution in [-0.2, 0) is 9.53 Å². The van der Waals surface area contributed by atoms with Gasteiger partial charge in [-0.25, -0.2) is 14.8 Å². The van der Waals surface area contributed by atoms with Crippen LogP contribution in [-0.4, -0.2) is 28.1 Å². The highest BCUT2D eigenvalue weighted by Gasteiger charge is 2.19. The van der Waals surface area contributed by atoms with Gasteiger partial charge in [0, 0.05) is 18.7 Å². The summed E-state index contributed by atoms with van der Waals surface area (Å²) in [6.45, 7) is 1.43. The summed E-state index contributed by atoms with van der Waals surface area (Å²) < 4.78 is 20.4. The lowest BCUT2D eigenvalue weighted by molar-refractivity contribution is -0.114. The molecule has 1 fully saturated rings. The molecule has 2 aromatic heterocycles. The molecule has 0 atom stereocenters. The summed E-state index contributed by atoms with van der Waals surface area (Å²) in [5, 5.41) is 5.66. The summed E-state index contributed by atoms with van der Waals surface area (Å²) in [7, 11) is 0. The van der Waals surface area contributed by atoms with Crippen molar-refractivity contribution in [1.82, 2.24) is 9.97 Å². The zero-order chi connectivity index (χ0) is 21.1. The molecular formula is C21H21FN4O3S. The Morgan fingerprint density at radius 3 is 2.70 bits per heavy atom. The van der Waals surface area contributed by atoms with E-state index in [0.29, 0.717) is 10.7 Å². The van der Waals surface area contributed by atoms with Gasteiger partial charge in [0.25, 0.3) is 0 Å². The van der Waals surface area contributed by atoms with E-state index in [4.69, 9.17) is 4.74 Å². The van der Waals surface area contributed by atoms with E-state index < -0.39 is 12.0 Å². The van der Waals surface area contributed by atoms with Crippen molar-refractivity contribution in [2.75, 3.05) is 10.6 Å². The van der Waals surface area contributed by atoms with Crippen LogP contribution < -0.4 is 10.6 Å². The summed E-state index contributed by atoms with van der Waals surface area (Å²) in [6, 6.07) is 7.07. The van der Waals surface area contributed by atoms with Gasteiger partial charge in [0.2, 0.25) is 11.9 Å². The highest BCUT2D eigenvalue weighted by atomic mass is 32.1. The third-order valence-electron chi connectivity index (χ3n) is 4.91. The predicted octanol–water partition coefficient (Wildman–Crippen LogP) is 5.34. The number of amides is 2. The van der Waals surface area contributed by atoms with Crippen molar-refractivity contribution in [3.05, 3.63) is 36.4 Å². The number of thiazole rings is 1. The Kier molecular flexibility index (Phi) is 5.89. The van der Waals surface area contributed by atoms with E-state index in [2.05, 4.69) is 20.6 Å². The number of aromatic nitrogens is 2. The summed E-state index contributed by atoms with van der Waals surface area (Å²) in [5.74, 6) is -0.959. The lowest BCUT2D eigenvalue weighted by Crippen LogP contribution is -2.24. The largest absolute Gasteiger partial charge is 0.446 e. The fourth-order valence-corrected chi connectivity index (χ4v) is 4.43. The second-order valence-electron chi connectivity index (χ2n) is 7.24. The van der Waals surface area contributed by atoms with Gasteiger partial charge in [-0.15, -0.1) is 0 Å². The molecule has 1 aromatic carbocycles. The fourth-order valence-electron chi connectivity index (χ4n) is 3.48. The number of benzene rings is 1. The monoisotopic (exact) mass is 428 g/mol. The molecule has 7 nitrogen and oxygen atoms in total. The van der Waals surface area contributed by atoms with E-state index in [9.17, 15) is 14.0 Å². The Bertz CT molecular complexity index is 1100. The van der Waals surface area contributed by atoms with E-state index in [1.165, 1.54) is 30.5 Å². The van der Waals surface area contributed by atoms with Crippen molar-refractivity contribution >= 4 is 44.4 Å². The van der Waals surface area contributed by atoms with Gasteiger partial charge in [-0.2, -0.15) is 4.39 Å². The molecule has 156 valence electrons. The van der Waals surface area contributed by atoms with Gasteiger partial charge in [-0.05, 0) is 49.4 Å². The summed E-state index contributed by atoms with van der Waals surface area (Å²) in [5.41, 5.74) is 2.14. The maximum atomic E-state index is 14.2. The van der Waals surface area contributed by atoms with Gasteiger partial charge in [0.1, 0.15) is 6.10 Å². The van der Waals surface area contributed by atoms with E-state index in [1.54, 1.807) is 0 Å². The first kappa shape index (κ1) is 20.2. The number of hydrogen-bond acceptors (Lipinski definition) is 6. The number of carbonyl (C=O) groups is 2. The molecule has 0 spiro atoms. The van der Waals surface area contributed by atoms with Crippen molar-refractivity contribution in [2.45, 2.75) is 45.1 Å². The van der Waals surface area contributed by atoms with Gasteiger partial charge >= 0.3 is 6.09 Å². The number of pyridine rings is 1. The van der Waals surface area contributed by atoms with E-state index in [-0.39, 0.29) is 17.7 Å². The van der Waals surface area contributed by atoms with Crippen LogP contribution in [0.4, 0.5) is 20.0 Å². The second kappa shape index (κ2) is 8.74. The topological polar surface area (TPSA) is 93.2 Å². The first-order chi connectivity index (χ1) is 14.5. The number of anilines is 2. The molecular weight excluding hydrogens is 407 g/mol. The smallest absolute Gasteiger partial charge is 0.412 e. The van der Waals surface area contributed by atoms with Crippen molar-refractivity contribution in [3.8, 4) is 11.1 Å². The van der Waals surface area contributed by atoms with Crippen molar-refractivity contribution in [1.29, 1.82) is 0 Å². The molecule has 0 bridgehead atoms. The SMILES string of the molecule is CC(=O)Nc1nc2ccc(-c3cnc(F)c(NC(=O)OC4CCCCC4)c3)cc2s1. The van der Waals surface area contributed by atoms with E-state index in [0.717, 1.165) is 47.9 Å². The van der Waals surface area contributed by atoms with Gasteiger partial charge in [0.05, 0.1) is 15.9 Å². The number of nitrogens with one attached hydrogen (secondary N) is 2. The molecule has 0 unspecified atom stereocenters. The first-order valence-corrected chi connectivity index (χ1v) is 10.6. The lowest BCUT2D eigenvalue weighted by atomic mass is 9.98. The molecule has 1 aliphatic carbocycles. The van der Waals surface area contributed by atoms with Crippen LogP contribution in [0.25, 0.3) is 21.3 Å². The zero-order valence-electron chi connectivity index (χ0n) is 16.4. The van der Waals surface area contributed by atoms with Gasteiger partial charge < -0.3 is 10.1 Å². The lowest BCUT2D eigenvalue weighted by Gasteiger charge is -2.21. The molecule has 3 aromatic rings. The van der Waals surface area contributed by atoms with Crippen molar-refractivity contribution < 1.29 is 18.7 Å². The number of nitrogens with zero attached hydrogens (tertiary/aromatic N) is 2. The van der Waals surface area contributed by atoms with Gasteiger partial charge in [-0.1, -0.05) is 23.8 Å². The first-order valence-electron chi connectivity index (χ1n) is 9.79. The van der Waals surface area contributed by atoms with E-state index >= 15 is 0 Å². The molecule has 30 heavy (non-hydrogen) atoms. The molecule has 0 radical (unpaired) electrons. The fraction of sp³-hybridized carbons (Fsp3) is 0.333. The van der Waals surface area contributed by atoms with Crippen LogP contribution in [0.3, 0.4) is 0 Å². The normalized spacial score (nSPS) is 14.5. The summed E-state index contributed by atoms with van der Waals surface area (Å²) in [6.07, 6.45) is 5.51. The van der Waals surface area contributed by atoms with Crippen LogP contribution in [0.5, 0.6) is 0 Å². The molecule has 2 N–H and O–H groups in total. The molecule has 2 heterocycles. The Morgan fingerprint density at radius 2 is 1.93 bits per heavy atom. The zero-order valence-corrected chi connectivity index (χ0v) is 17.2. The van der Waals surface area contributed by atoms with Crippen molar-refractivity contribution in [2.24, 2.45) is 0 Å². The third kappa shape index (κ3) is 4.73.